The van der Waals surface area contributed by atoms with Crippen molar-refractivity contribution in [2.24, 2.45) is 5.73 Å². The van der Waals surface area contributed by atoms with Gasteiger partial charge in [-0.05, 0) is 19.4 Å². The van der Waals surface area contributed by atoms with Crippen LogP contribution in [0.1, 0.15) is 25.5 Å². The molecule has 1 heterocycles. The molecule has 2 unspecified atom stereocenters. The summed E-state index contributed by atoms with van der Waals surface area (Å²) in [6, 6.07) is 9.53. The zero-order valence-corrected chi connectivity index (χ0v) is 12.1. The van der Waals surface area contributed by atoms with Gasteiger partial charge in [0.25, 0.3) is 0 Å². The van der Waals surface area contributed by atoms with E-state index in [0.717, 1.165) is 5.56 Å². The molecule has 0 aliphatic carbocycles. The van der Waals surface area contributed by atoms with E-state index in [1.54, 1.807) is 11.8 Å². The standard InChI is InChI=1S/C14H20N2O2.ClH/c1-10-8-16(14(17)11(2)15)9-13(18-10)12-6-4-3-5-7-12;/h3-7,10-11,13H,8-9,15H2,1-2H3;1H/t10?,11-,13?;/m0./s1. The molecule has 0 radical (unpaired) electrons. The lowest BCUT2D eigenvalue weighted by Gasteiger charge is -2.37. The van der Waals surface area contributed by atoms with Crippen molar-refractivity contribution >= 4 is 18.3 Å². The number of amides is 1. The van der Waals surface area contributed by atoms with Crippen molar-refractivity contribution in [3.8, 4) is 0 Å². The van der Waals surface area contributed by atoms with E-state index in [0.29, 0.717) is 13.1 Å². The topological polar surface area (TPSA) is 55.6 Å². The van der Waals surface area contributed by atoms with Gasteiger partial charge < -0.3 is 15.4 Å². The normalized spacial score (nSPS) is 24.5. The molecule has 1 amide bonds. The van der Waals surface area contributed by atoms with E-state index in [9.17, 15) is 4.79 Å². The lowest BCUT2D eigenvalue weighted by atomic mass is 10.1. The molecule has 1 aromatic carbocycles. The Bertz CT molecular complexity index is 411. The van der Waals surface area contributed by atoms with Gasteiger partial charge in [-0.25, -0.2) is 0 Å². The number of nitrogens with zero attached hydrogens (tertiary/aromatic N) is 1. The number of benzene rings is 1. The number of carbonyl (C=O) groups excluding carboxylic acids is 1. The van der Waals surface area contributed by atoms with Crippen LogP contribution in [0.15, 0.2) is 30.3 Å². The zero-order valence-electron chi connectivity index (χ0n) is 11.3. The Morgan fingerprint density at radius 1 is 1.37 bits per heavy atom. The van der Waals surface area contributed by atoms with E-state index >= 15 is 0 Å². The highest BCUT2D eigenvalue weighted by Gasteiger charge is 2.30. The fourth-order valence-electron chi connectivity index (χ4n) is 2.27. The number of morpholine rings is 1. The summed E-state index contributed by atoms with van der Waals surface area (Å²) in [6.07, 6.45) is -0.0238. The monoisotopic (exact) mass is 284 g/mol. The molecular weight excluding hydrogens is 264 g/mol. The van der Waals surface area contributed by atoms with Crippen LogP contribution in [0.3, 0.4) is 0 Å². The average Bonchev–Trinajstić information content (AvgIpc) is 2.38. The first-order chi connectivity index (χ1) is 8.58. The van der Waals surface area contributed by atoms with Gasteiger partial charge >= 0.3 is 0 Å². The van der Waals surface area contributed by atoms with Gasteiger partial charge in [-0.2, -0.15) is 0 Å². The molecule has 19 heavy (non-hydrogen) atoms. The van der Waals surface area contributed by atoms with Crippen molar-refractivity contribution in [1.82, 2.24) is 4.90 Å². The Morgan fingerprint density at radius 3 is 2.58 bits per heavy atom. The molecule has 0 spiro atoms. The molecule has 1 fully saturated rings. The number of carbonyl (C=O) groups is 1. The number of hydrogen-bond donors (Lipinski definition) is 1. The van der Waals surface area contributed by atoms with Gasteiger partial charge in [-0.3, -0.25) is 4.79 Å². The van der Waals surface area contributed by atoms with Crippen LogP contribution in [-0.2, 0) is 9.53 Å². The fraction of sp³-hybridized carbons (Fsp3) is 0.500. The van der Waals surface area contributed by atoms with Gasteiger partial charge in [0.1, 0.15) is 6.10 Å². The summed E-state index contributed by atoms with van der Waals surface area (Å²) in [5.41, 5.74) is 6.77. The summed E-state index contributed by atoms with van der Waals surface area (Å²) in [7, 11) is 0. The van der Waals surface area contributed by atoms with E-state index in [-0.39, 0.29) is 30.5 Å². The predicted octanol–water partition coefficient (Wildman–Crippen LogP) is 1.74. The highest BCUT2D eigenvalue weighted by atomic mass is 35.5. The van der Waals surface area contributed by atoms with Crippen LogP contribution >= 0.6 is 12.4 Å². The lowest BCUT2D eigenvalue weighted by molar-refractivity contribution is -0.145. The lowest BCUT2D eigenvalue weighted by Crippen LogP contribution is -2.50. The second-order valence-corrected chi connectivity index (χ2v) is 4.88. The maximum atomic E-state index is 12.0. The van der Waals surface area contributed by atoms with Crippen LogP contribution in [-0.4, -0.2) is 36.0 Å². The Hall–Kier alpha value is -1.10. The summed E-state index contributed by atoms with van der Waals surface area (Å²) >= 11 is 0. The first kappa shape index (κ1) is 16.0. The molecule has 2 N–H and O–H groups in total. The quantitative estimate of drug-likeness (QED) is 0.900. The third-order valence-electron chi connectivity index (χ3n) is 3.13. The van der Waals surface area contributed by atoms with E-state index < -0.39 is 6.04 Å². The van der Waals surface area contributed by atoms with Crippen molar-refractivity contribution in [3.05, 3.63) is 35.9 Å². The van der Waals surface area contributed by atoms with Crippen LogP contribution in [0.2, 0.25) is 0 Å². The largest absolute Gasteiger partial charge is 0.367 e. The maximum absolute atomic E-state index is 12.0. The van der Waals surface area contributed by atoms with Gasteiger partial charge in [0.2, 0.25) is 5.91 Å². The molecule has 2 rings (SSSR count). The van der Waals surface area contributed by atoms with E-state index in [1.807, 2.05) is 37.3 Å². The molecule has 0 saturated carbocycles. The summed E-state index contributed by atoms with van der Waals surface area (Å²) in [5, 5.41) is 0. The summed E-state index contributed by atoms with van der Waals surface area (Å²) in [4.78, 5) is 13.8. The summed E-state index contributed by atoms with van der Waals surface area (Å²) in [6.45, 7) is 4.90. The third kappa shape index (κ3) is 3.93. The van der Waals surface area contributed by atoms with Crippen molar-refractivity contribution in [3.63, 3.8) is 0 Å². The highest BCUT2D eigenvalue weighted by molar-refractivity contribution is 5.85. The molecule has 0 bridgehead atoms. The molecular formula is C14H21ClN2O2. The van der Waals surface area contributed by atoms with E-state index in [2.05, 4.69) is 0 Å². The summed E-state index contributed by atoms with van der Waals surface area (Å²) in [5.74, 6) is -0.00826. The Morgan fingerprint density at radius 2 is 2.00 bits per heavy atom. The molecule has 1 aliphatic heterocycles. The summed E-state index contributed by atoms with van der Waals surface area (Å²) < 4.78 is 5.90. The number of ether oxygens (including phenoxy) is 1. The Kier molecular flexibility index (Phi) is 5.79. The SMILES string of the molecule is CC1CN(C(=O)[C@H](C)N)CC(c2ccccc2)O1.Cl. The minimum absolute atomic E-state index is 0. The van der Waals surface area contributed by atoms with Crippen LogP contribution in [0.4, 0.5) is 0 Å². The molecule has 106 valence electrons. The van der Waals surface area contributed by atoms with Gasteiger partial charge in [0.05, 0.1) is 18.7 Å². The highest BCUT2D eigenvalue weighted by Crippen LogP contribution is 2.25. The Labute approximate surface area is 120 Å². The van der Waals surface area contributed by atoms with Crippen molar-refractivity contribution in [1.29, 1.82) is 0 Å². The first-order valence-electron chi connectivity index (χ1n) is 6.32. The van der Waals surface area contributed by atoms with Crippen LogP contribution in [0, 0.1) is 0 Å². The molecule has 1 aromatic rings. The van der Waals surface area contributed by atoms with Crippen molar-refractivity contribution < 1.29 is 9.53 Å². The van der Waals surface area contributed by atoms with Crippen molar-refractivity contribution in [2.75, 3.05) is 13.1 Å². The molecule has 4 nitrogen and oxygen atoms in total. The smallest absolute Gasteiger partial charge is 0.239 e. The van der Waals surface area contributed by atoms with Gasteiger partial charge in [-0.1, -0.05) is 30.3 Å². The molecule has 0 aromatic heterocycles. The maximum Gasteiger partial charge on any atom is 0.239 e. The van der Waals surface area contributed by atoms with Crippen molar-refractivity contribution in [2.45, 2.75) is 32.1 Å². The molecule has 5 heteroatoms. The minimum Gasteiger partial charge on any atom is -0.367 e. The number of nitrogens with two attached hydrogens (primary N) is 1. The second kappa shape index (κ2) is 6.89. The number of halogens is 1. The average molecular weight is 285 g/mol. The fourth-order valence-corrected chi connectivity index (χ4v) is 2.27. The second-order valence-electron chi connectivity index (χ2n) is 4.88. The molecule has 1 saturated heterocycles. The number of rotatable bonds is 2. The van der Waals surface area contributed by atoms with Gasteiger partial charge in [0, 0.05) is 6.54 Å². The Balaban J connectivity index is 0.00000180. The third-order valence-corrected chi connectivity index (χ3v) is 3.13. The predicted molar refractivity (Wildman–Crippen MR) is 77.2 cm³/mol. The molecule has 1 aliphatic rings. The van der Waals surface area contributed by atoms with E-state index in [4.69, 9.17) is 10.5 Å². The first-order valence-corrected chi connectivity index (χ1v) is 6.32. The van der Waals surface area contributed by atoms with E-state index in [1.165, 1.54) is 0 Å². The minimum atomic E-state index is -0.452. The zero-order chi connectivity index (χ0) is 13.1. The van der Waals surface area contributed by atoms with Crippen LogP contribution in [0.25, 0.3) is 0 Å². The molecule has 3 atom stereocenters. The number of hydrogen-bond acceptors (Lipinski definition) is 3. The van der Waals surface area contributed by atoms with Gasteiger partial charge in [-0.15, -0.1) is 12.4 Å². The van der Waals surface area contributed by atoms with Crippen LogP contribution < -0.4 is 5.73 Å². The van der Waals surface area contributed by atoms with Crippen LogP contribution in [0.5, 0.6) is 0 Å². The van der Waals surface area contributed by atoms with Gasteiger partial charge in [0.15, 0.2) is 0 Å².